The fraction of sp³-hybridized carbons (Fsp3) is 0.467. The van der Waals surface area contributed by atoms with Crippen molar-refractivity contribution in [2.45, 2.75) is 38.1 Å². The molecule has 0 radical (unpaired) electrons. The number of aliphatic hydroxyl groups is 2. The number of nitrogens with one attached hydrogen (secondary N) is 1. The Morgan fingerprint density at radius 3 is 3.00 bits per heavy atom. The molecule has 0 aromatic carbocycles. The van der Waals surface area contributed by atoms with Crippen LogP contribution in [0.1, 0.15) is 18.4 Å². The van der Waals surface area contributed by atoms with Gasteiger partial charge < -0.3 is 20.1 Å². The van der Waals surface area contributed by atoms with E-state index in [0.29, 0.717) is 11.7 Å². The van der Waals surface area contributed by atoms with Gasteiger partial charge in [0.05, 0.1) is 25.1 Å². The highest BCUT2D eigenvalue weighted by atomic mass is 79.9. The number of nitrogens with zero attached hydrogens (tertiary/aromatic N) is 3. The minimum absolute atomic E-state index is 0.0486. The Morgan fingerprint density at radius 1 is 1.41 bits per heavy atom. The molecule has 0 spiro atoms. The summed E-state index contributed by atoms with van der Waals surface area (Å²) in [6.45, 7) is 0.770. The van der Waals surface area contributed by atoms with Gasteiger partial charge in [0.15, 0.2) is 0 Å². The first kappa shape index (κ1) is 15.5. The highest BCUT2D eigenvalue weighted by Crippen LogP contribution is 2.30. The van der Waals surface area contributed by atoms with E-state index in [4.69, 9.17) is 0 Å². The maximum absolute atomic E-state index is 10.3. The zero-order valence-electron chi connectivity index (χ0n) is 12.1. The average molecular weight is 367 g/mol. The fourth-order valence-electron chi connectivity index (χ4n) is 3.02. The molecule has 0 amide bonds. The first-order valence-electron chi connectivity index (χ1n) is 7.31. The van der Waals surface area contributed by atoms with Gasteiger partial charge in [-0.1, -0.05) is 0 Å². The SMILES string of the molecule is OCc1cc(Br)cnc1N[C@@H]1CC(Cn2ccnc2)C[C@H]1O. The first-order chi connectivity index (χ1) is 10.7. The molecule has 6 nitrogen and oxygen atoms in total. The summed E-state index contributed by atoms with van der Waals surface area (Å²) in [5, 5.41) is 23.0. The highest BCUT2D eigenvalue weighted by Gasteiger charge is 2.33. The van der Waals surface area contributed by atoms with E-state index in [0.717, 1.165) is 29.4 Å². The summed E-state index contributed by atoms with van der Waals surface area (Å²) in [7, 11) is 0. The standard InChI is InChI=1S/C15H19BrN4O2/c16-12-5-11(8-21)15(18-6-12)19-13-3-10(4-14(13)22)7-20-2-1-17-9-20/h1-2,5-6,9-10,13-14,21-22H,3-4,7-8H2,(H,18,19)/t10?,13-,14-/m1/s1. The Bertz CT molecular complexity index is 620. The minimum Gasteiger partial charge on any atom is -0.392 e. The molecule has 22 heavy (non-hydrogen) atoms. The van der Waals surface area contributed by atoms with Gasteiger partial charge in [-0.2, -0.15) is 0 Å². The molecule has 3 N–H and O–H groups in total. The quantitative estimate of drug-likeness (QED) is 0.751. The molecule has 1 unspecified atom stereocenters. The molecule has 2 aromatic heterocycles. The van der Waals surface area contributed by atoms with Crippen LogP contribution in [-0.4, -0.2) is 36.9 Å². The summed E-state index contributed by atoms with van der Waals surface area (Å²) in [4.78, 5) is 8.35. The summed E-state index contributed by atoms with van der Waals surface area (Å²) in [5.41, 5.74) is 0.722. The van der Waals surface area contributed by atoms with Crippen molar-refractivity contribution in [2.75, 3.05) is 5.32 Å². The van der Waals surface area contributed by atoms with E-state index in [1.165, 1.54) is 0 Å². The van der Waals surface area contributed by atoms with Crippen LogP contribution in [0.5, 0.6) is 0 Å². The summed E-state index contributed by atoms with van der Waals surface area (Å²) in [6.07, 6.45) is 8.39. The van der Waals surface area contributed by atoms with Gasteiger partial charge in [0, 0.05) is 35.2 Å². The van der Waals surface area contributed by atoms with Gasteiger partial charge in [-0.25, -0.2) is 9.97 Å². The summed E-state index contributed by atoms with van der Waals surface area (Å²) >= 11 is 3.35. The van der Waals surface area contributed by atoms with Crippen LogP contribution in [0.25, 0.3) is 0 Å². The van der Waals surface area contributed by atoms with Gasteiger partial charge >= 0.3 is 0 Å². The molecule has 2 aromatic rings. The molecule has 1 aliphatic rings. The van der Waals surface area contributed by atoms with Crippen molar-refractivity contribution >= 4 is 21.7 Å². The van der Waals surface area contributed by atoms with Crippen molar-refractivity contribution in [2.24, 2.45) is 5.92 Å². The summed E-state index contributed by atoms with van der Waals surface area (Å²) < 4.78 is 2.86. The lowest BCUT2D eigenvalue weighted by Crippen LogP contribution is -2.29. The molecule has 1 saturated carbocycles. The van der Waals surface area contributed by atoms with E-state index in [2.05, 4.69) is 31.2 Å². The number of aliphatic hydroxyl groups excluding tert-OH is 2. The number of hydrogen-bond acceptors (Lipinski definition) is 5. The Hall–Kier alpha value is -1.44. The lowest BCUT2D eigenvalue weighted by Gasteiger charge is -2.19. The van der Waals surface area contributed by atoms with Gasteiger partial charge in [-0.15, -0.1) is 0 Å². The molecular formula is C15H19BrN4O2. The summed E-state index contributed by atoms with van der Waals surface area (Å²) in [6, 6.07) is 1.78. The number of pyridine rings is 1. The van der Waals surface area contributed by atoms with Crippen molar-refractivity contribution < 1.29 is 10.2 Å². The topological polar surface area (TPSA) is 83.2 Å². The third-order valence-electron chi connectivity index (χ3n) is 4.08. The predicted octanol–water partition coefficient (Wildman–Crippen LogP) is 1.78. The van der Waals surface area contributed by atoms with Crippen LogP contribution in [0, 0.1) is 5.92 Å². The second-order valence-corrected chi connectivity index (χ2v) is 6.65. The van der Waals surface area contributed by atoms with Crippen molar-refractivity contribution in [3.8, 4) is 0 Å². The molecule has 3 atom stereocenters. The fourth-order valence-corrected chi connectivity index (χ4v) is 3.40. The van der Waals surface area contributed by atoms with Gasteiger partial charge in [-0.3, -0.25) is 0 Å². The number of hydrogen-bond donors (Lipinski definition) is 3. The Balaban J connectivity index is 1.65. The van der Waals surface area contributed by atoms with E-state index >= 15 is 0 Å². The maximum Gasteiger partial charge on any atom is 0.131 e. The first-order valence-corrected chi connectivity index (χ1v) is 8.10. The normalized spacial score (nSPS) is 24.6. The zero-order chi connectivity index (χ0) is 15.5. The lowest BCUT2D eigenvalue weighted by molar-refractivity contribution is 0.166. The Kier molecular flexibility index (Phi) is 4.75. The smallest absolute Gasteiger partial charge is 0.131 e. The highest BCUT2D eigenvalue weighted by molar-refractivity contribution is 9.10. The molecule has 0 bridgehead atoms. The van der Waals surface area contributed by atoms with Crippen molar-refractivity contribution in [1.82, 2.24) is 14.5 Å². The summed E-state index contributed by atoms with van der Waals surface area (Å²) in [5.74, 6) is 1.03. The van der Waals surface area contributed by atoms with Crippen LogP contribution in [-0.2, 0) is 13.2 Å². The van der Waals surface area contributed by atoms with E-state index < -0.39 is 6.10 Å². The molecule has 0 saturated heterocycles. The van der Waals surface area contributed by atoms with Crippen LogP contribution in [0.2, 0.25) is 0 Å². The van der Waals surface area contributed by atoms with E-state index in [9.17, 15) is 10.2 Å². The number of rotatable bonds is 5. The van der Waals surface area contributed by atoms with Gasteiger partial charge in [0.25, 0.3) is 0 Å². The largest absolute Gasteiger partial charge is 0.392 e. The van der Waals surface area contributed by atoms with Crippen LogP contribution in [0.3, 0.4) is 0 Å². The van der Waals surface area contributed by atoms with Crippen molar-refractivity contribution in [3.63, 3.8) is 0 Å². The third kappa shape index (κ3) is 3.48. The van der Waals surface area contributed by atoms with E-state index in [-0.39, 0.29) is 12.6 Å². The van der Waals surface area contributed by atoms with Crippen LogP contribution < -0.4 is 5.32 Å². The number of halogens is 1. The maximum atomic E-state index is 10.3. The molecule has 1 aliphatic carbocycles. The van der Waals surface area contributed by atoms with Crippen LogP contribution in [0.4, 0.5) is 5.82 Å². The second kappa shape index (κ2) is 6.76. The van der Waals surface area contributed by atoms with Crippen LogP contribution in [0.15, 0.2) is 35.5 Å². The second-order valence-electron chi connectivity index (χ2n) is 5.73. The molecule has 1 fully saturated rings. The van der Waals surface area contributed by atoms with Gasteiger partial charge in [0.2, 0.25) is 0 Å². The minimum atomic E-state index is -0.412. The number of aromatic nitrogens is 3. The molecule has 118 valence electrons. The van der Waals surface area contributed by atoms with E-state index in [1.54, 1.807) is 18.7 Å². The molecule has 0 aliphatic heterocycles. The lowest BCUT2D eigenvalue weighted by atomic mass is 10.1. The van der Waals surface area contributed by atoms with Crippen molar-refractivity contribution in [3.05, 3.63) is 41.0 Å². The average Bonchev–Trinajstić information content (AvgIpc) is 3.12. The number of imidazole rings is 1. The zero-order valence-corrected chi connectivity index (χ0v) is 13.6. The Labute approximate surface area is 137 Å². The van der Waals surface area contributed by atoms with Gasteiger partial charge in [0.1, 0.15) is 5.82 Å². The molecular weight excluding hydrogens is 348 g/mol. The Morgan fingerprint density at radius 2 is 2.27 bits per heavy atom. The molecule has 2 heterocycles. The third-order valence-corrected chi connectivity index (χ3v) is 4.51. The number of anilines is 1. The molecule has 3 rings (SSSR count). The van der Waals surface area contributed by atoms with Crippen molar-refractivity contribution in [1.29, 1.82) is 0 Å². The van der Waals surface area contributed by atoms with Gasteiger partial charge in [-0.05, 0) is 40.8 Å². The van der Waals surface area contributed by atoms with Crippen LogP contribution >= 0.6 is 15.9 Å². The molecule has 7 heteroatoms. The predicted molar refractivity (Wildman–Crippen MR) is 86.2 cm³/mol. The monoisotopic (exact) mass is 366 g/mol. The van der Waals surface area contributed by atoms with E-state index in [1.807, 2.05) is 16.8 Å².